The molecule has 5 aliphatic rings. The lowest BCUT2D eigenvalue weighted by Gasteiger charge is -2.47. The highest BCUT2D eigenvalue weighted by molar-refractivity contribution is 6.49. The molecular formula is C28H20ClNO6. The van der Waals surface area contributed by atoms with Gasteiger partial charge in [-0.3, -0.25) is 14.4 Å². The van der Waals surface area contributed by atoms with Crippen molar-refractivity contribution in [3.8, 4) is 11.5 Å². The highest BCUT2D eigenvalue weighted by Gasteiger charge is 2.78. The van der Waals surface area contributed by atoms with E-state index in [1.807, 2.05) is 26.0 Å². The van der Waals surface area contributed by atoms with Gasteiger partial charge in [0, 0.05) is 39.8 Å². The molecule has 1 spiro atoms. The number of nitrogens with two attached hydrogens (primary N) is 1. The number of hydrogen-bond donors (Lipinski definition) is 1. The summed E-state index contributed by atoms with van der Waals surface area (Å²) >= 11 is 6.17. The zero-order chi connectivity index (χ0) is 25.3. The smallest absolute Gasteiger partial charge is 0.253 e. The third-order valence-electron chi connectivity index (χ3n) is 8.23. The Labute approximate surface area is 211 Å². The maximum atomic E-state index is 13.8. The Morgan fingerprint density at radius 1 is 1.03 bits per heavy atom. The van der Waals surface area contributed by atoms with Gasteiger partial charge in [-0.2, -0.15) is 0 Å². The molecule has 8 heteroatoms. The van der Waals surface area contributed by atoms with Crippen LogP contribution < -0.4 is 15.2 Å². The Hall–Kier alpha value is -3.68. The van der Waals surface area contributed by atoms with Gasteiger partial charge in [-0.15, -0.1) is 0 Å². The summed E-state index contributed by atoms with van der Waals surface area (Å²) in [5.74, 6) is -2.33. The summed E-state index contributed by atoms with van der Waals surface area (Å²) in [5.41, 5.74) is 9.05. The number of carbonyl (C=O) groups excluding carboxylic acids is 3. The quantitative estimate of drug-likeness (QED) is 0.631. The van der Waals surface area contributed by atoms with Crippen LogP contribution in [0.5, 0.6) is 11.5 Å². The van der Waals surface area contributed by atoms with Crippen LogP contribution in [0.4, 0.5) is 0 Å². The lowest BCUT2D eigenvalue weighted by molar-refractivity contribution is -0.189. The second kappa shape index (κ2) is 6.55. The first kappa shape index (κ1) is 21.6. The van der Waals surface area contributed by atoms with E-state index >= 15 is 0 Å². The molecule has 0 unspecified atom stereocenters. The molecule has 3 aliphatic carbocycles. The van der Waals surface area contributed by atoms with E-state index in [0.29, 0.717) is 28.0 Å². The van der Waals surface area contributed by atoms with Crippen molar-refractivity contribution in [2.45, 2.75) is 31.2 Å². The number of ether oxygens (including phenoxy) is 3. The minimum Gasteiger partial charge on any atom is -0.496 e. The normalized spacial score (nSPS) is 31.1. The van der Waals surface area contributed by atoms with Crippen LogP contribution in [0.1, 0.15) is 51.3 Å². The molecule has 0 bridgehead atoms. The number of Topliss-reactive ketones (excluding diaryl/α,β-unsaturated/α-hetero) is 1. The van der Waals surface area contributed by atoms with Crippen molar-refractivity contribution in [3.63, 3.8) is 0 Å². The van der Waals surface area contributed by atoms with Crippen molar-refractivity contribution >= 4 is 34.6 Å². The third-order valence-corrected chi connectivity index (χ3v) is 8.51. The first-order valence-electron chi connectivity index (χ1n) is 11.6. The summed E-state index contributed by atoms with van der Waals surface area (Å²) in [6, 6.07) is 8.77. The Balaban J connectivity index is 1.68. The summed E-state index contributed by atoms with van der Waals surface area (Å²) in [5, 5.41) is -0.193. The van der Waals surface area contributed by atoms with Crippen molar-refractivity contribution in [2.75, 3.05) is 7.11 Å². The maximum Gasteiger partial charge on any atom is 0.253 e. The molecule has 36 heavy (non-hydrogen) atoms. The molecule has 1 fully saturated rings. The number of ketones is 3. The number of benzene rings is 2. The number of halogens is 1. The van der Waals surface area contributed by atoms with Crippen molar-refractivity contribution in [2.24, 2.45) is 11.7 Å². The topological polar surface area (TPSA) is 105 Å². The van der Waals surface area contributed by atoms with Gasteiger partial charge in [-0.1, -0.05) is 35.4 Å². The summed E-state index contributed by atoms with van der Waals surface area (Å²) in [6.45, 7) is 3.83. The van der Waals surface area contributed by atoms with Crippen molar-refractivity contribution < 1.29 is 28.6 Å². The summed E-state index contributed by atoms with van der Waals surface area (Å²) < 4.78 is 19.1. The summed E-state index contributed by atoms with van der Waals surface area (Å²) in [6.07, 6.45) is 2.35. The largest absolute Gasteiger partial charge is 0.496 e. The molecule has 0 saturated carbocycles. The molecule has 2 N–H and O–H groups in total. The Bertz CT molecular complexity index is 1600. The number of methoxy groups -OCH3 is 1. The Morgan fingerprint density at radius 3 is 2.56 bits per heavy atom. The van der Waals surface area contributed by atoms with Gasteiger partial charge < -0.3 is 19.9 Å². The highest BCUT2D eigenvalue weighted by atomic mass is 35.5. The van der Waals surface area contributed by atoms with Crippen LogP contribution in [0.25, 0.3) is 5.70 Å². The van der Waals surface area contributed by atoms with Crippen molar-refractivity contribution in [3.05, 3.63) is 86.5 Å². The maximum absolute atomic E-state index is 13.8. The molecule has 2 heterocycles. The van der Waals surface area contributed by atoms with Crippen molar-refractivity contribution in [1.29, 1.82) is 0 Å². The molecule has 0 amide bonds. The fraction of sp³-hybridized carbons (Fsp3) is 0.250. The molecule has 2 aromatic rings. The summed E-state index contributed by atoms with van der Waals surface area (Å²) in [7, 11) is 1.53. The van der Waals surface area contributed by atoms with E-state index in [2.05, 4.69) is 0 Å². The molecule has 0 radical (unpaired) electrons. The van der Waals surface area contributed by atoms with Crippen LogP contribution in [0.15, 0.2) is 58.7 Å². The molecule has 1 saturated heterocycles. The van der Waals surface area contributed by atoms with E-state index in [1.54, 1.807) is 24.3 Å². The molecule has 180 valence electrons. The van der Waals surface area contributed by atoms with Gasteiger partial charge >= 0.3 is 0 Å². The molecular weight excluding hydrogens is 482 g/mol. The van der Waals surface area contributed by atoms with E-state index in [1.165, 1.54) is 7.11 Å². The van der Waals surface area contributed by atoms with Gasteiger partial charge in [0.2, 0.25) is 5.78 Å². The number of hydrogen-bond acceptors (Lipinski definition) is 7. The van der Waals surface area contributed by atoms with Gasteiger partial charge in [0.15, 0.2) is 11.6 Å². The predicted octanol–water partition coefficient (Wildman–Crippen LogP) is 3.93. The average Bonchev–Trinajstić information content (AvgIpc) is 3.27. The van der Waals surface area contributed by atoms with Crippen LogP contribution in [0, 0.1) is 5.92 Å². The summed E-state index contributed by atoms with van der Waals surface area (Å²) in [4.78, 5) is 39.8. The second-order valence-electron chi connectivity index (χ2n) is 9.80. The van der Waals surface area contributed by atoms with Crippen molar-refractivity contribution in [1.82, 2.24) is 0 Å². The lowest BCUT2D eigenvalue weighted by Crippen LogP contribution is -2.56. The van der Waals surface area contributed by atoms with Gasteiger partial charge in [-0.05, 0) is 32.1 Å². The van der Waals surface area contributed by atoms with Crippen LogP contribution >= 0.6 is 11.6 Å². The van der Waals surface area contributed by atoms with Crippen LogP contribution in [-0.2, 0) is 20.7 Å². The Morgan fingerprint density at radius 2 is 1.81 bits per heavy atom. The molecule has 7 rings (SSSR count). The zero-order valence-corrected chi connectivity index (χ0v) is 20.4. The minimum absolute atomic E-state index is 0.0760. The van der Waals surface area contributed by atoms with E-state index < -0.39 is 22.8 Å². The van der Waals surface area contributed by atoms with E-state index in [-0.39, 0.29) is 45.4 Å². The highest BCUT2D eigenvalue weighted by Crippen LogP contribution is 2.73. The fourth-order valence-corrected chi connectivity index (χ4v) is 7.36. The van der Waals surface area contributed by atoms with Crippen LogP contribution in [-0.4, -0.2) is 30.6 Å². The molecule has 0 aromatic heterocycles. The lowest BCUT2D eigenvalue weighted by atomic mass is 9.52. The fourth-order valence-electron chi connectivity index (χ4n) is 7.16. The van der Waals surface area contributed by atoms with Gasteiger partial charge in [-0.25, -0.2) is 0 Å². The number of fused-ring (bicyclic) bond motifs is 4. The number of allylic oxidation sites excluding steroid dienone is 3. The molecule has 2 aromatic carbocycles. The van der Waals surface area contributed by atoms with Crippen LogP contribution in [0.3, 0.4) is 0 Å². The third kappa shape index (κ3) is 2.07. The van der Waals surface area contributed by atoms with Crippen LogP contribution in [0.2, 0.25) is 0 Å². The molecule has 2 aliphatic heterocycles. The first-order valence-corrected chi connectivity index (χ1v) is 12.0. The predicted molar refractivity (Wildman–Crippen MR) is 130 cm³/mol. The second-order valence-corrected chi connectivity index (χ2v) is 10.2. The SMILES string of the molecule is COc1cccc2c1C(N)=C1C(=O)C=C(C)[C@@H]3[C@@H](C)O[C@]24Oc2c(ccc5c2C(=O)C(Cl)=CC5=O)[C@@]134. The number of carbonyl (C=O) groups is 3. The number of rotatable bonds is 1. The van der Waals surface area contributed by atoms with Gasteiger partial charge in [0.25, 0.3) is 5.79 Å². The molecule has 7 nitrogen and oxygen atoms in total. The first-order chi connectivity index (χ1) is 17.2. The van der Waals surface area contributed by atoms with E-state index in [4.69, 9.17) is 31.5 Å². The zero-order valence-electron chi connectivity index (χ0n) is 19.6. The monoisotopic (exact) mass is 501 g/mol. The minimum atomic E-state index is -1.52. The van der Waals surface area contributed by atoms with Gasteiger partial charge in [0.05, 0.1) is 29.5 Å². The Kier molecular flexibility index (Phi) is 3.93. The standard InChI is InChI=1S/C28H20ClNO6/c1-11-9-18(32)23-24(30)21-14(5-4-6-19(21)34-3)28-27(23,22(11)12(2)35-28)15-8-7-13-17(31)10-16(29)25(33)20(13)26(15)36-28/h4-10,12,22H,30H2,1-3H3/t12-,22-,27+,28+/m1/s1. The van der Waals surface area contributed by atoms with Gasteiger partial charge in [0.1, 0.15) is 16.9 Å². The van der Waals surface area contributed by atoms with E-state index in [0.717, 1.165) is 11.6 Å². The van der Waals surface area contributed by atoms with E-state index in [9.17, 15) is 14.4 Å². The average molecular weight is 502 g/mol. The molecule has 4 atom stereocenters.